The van der Waals surface area contributed by atoms with Crippen molar-refractivity contribution in [3.05, 3.63) is 77.8 Å². The minimum atomic E-state index is -0.605. The lowest BCUT2D eigenvalue weighted by Gasteiger charge is -2.36. The van der Waals surface area contributed by atoms with Crippen molar-refractivity contribution in [2.75, 3.05) is 18.9 Å². The molecule has 3 aromatic rings. The van der Waals surface area contributed by atoms with Crippen molar-refractivity contribution >= 4 is 23.8 Å². The Morgan fingerprint density at radius 3 is 2.70 bits per heavy atom. The van der Waals surface area contributed by atoms with Gasteiger partial charge in [0.15, 0.2) is 10.9 Å². The molecule has 170 valence electrons. The van der Waals surface area contributed by atoms with Crippen LogP contribution < -0.4 is 5.32 Å². The zero-order valence-corrected chi connectivity index (χ0v) is 19.2. The summed E-state index contributed by atoms with van der Waals surface area (Å²) in [7, 11) is 0. The number of rotatable bonds is 8. The number of thioether (sulfide) groups is 1. The van der Waals surface area contributed by atoms with Crippen molar-refractivity contribution in [1.82, 2.24) is 20.2 Å². The van der Waals surface area contributed by atoms with Crippen LogP contribution in [0.15, 0.2) is 81.8 Å². The molecule has 2 aromatic heterocycles. The van der Waals surface area contributed by atoms with Crippen LogP contribution in [0.5, 0.6) is 0 Å². The maximum atomic E-state index is 13.1. The van der Waals surface area contributed by atoms with Gasteiger partial charge in [-0.15, -0.1) is 0 Å². The summed E-state index contributed by atoms with van der Waals surface area (Å²) < 4.78 is 10.8. The Morgan fingerprint density at radius 1 is 1.18 bits per heavy atom. The van der Waals surface area contributed by atoms with Crippen LogP contribution in [0.4, 0.5) is 4.79 Å². The predicted octanol–water partition coefficient (Wildman–Crippen LogP) is 4.43. The van der Waals surface area contributed by atoms with Gasteiger partial charge in [0, 0.05) is 24.2 Å². The van der Waals surface area contributed by atoms with Gasteiger partial charge in [0.2, 0.25) is 0 Å². The number of nitrogens with one attached hydrogen (secondary N) is 1. The SMILES string of the molecule is CCOC(=O)C1=C(CSc2nccc(-c3ccco3)n2)N(CC)C(=O)NC1c1ccccc1. The third kappa shape index (κ3) is 4.93. The van der Waals surface area contributed by atoms with Crippen LogP contribution in [-0.2, 0) is 9.53 Å². The Hall–Kier alpha value is -3.59. The van der Waals surface area contributed by atoms with Gasteiger partial charge < -0.3 is 14.5 Å². The van der Waals surface area contributed by atoms with E-state index < -0.39 is 12.0 Å². The molecule has 0 radical (unpaired) electrons. The summed E-state index contributed by atoms with van der Waals surface area (Å²) in [4.78, 5) is 36.5. The molecule has 3 heterocycles. The maximum Gasteiger partial charge on any atom is 0.338 e. The van der Waals surface area contributed by atoms with Gasteiger partial charge in [0.1, 0.15) is 5.69 Å². The molecule has 2 amide bonds. The van der Waals surface area contributed by atoms with Crippen LogP contribution in [-0.4, -0.2) is 45.8 Å². The number of esters is 1. The van der Waals surface area contributed by atoms with E-state index in [1.54, 1.807) is 36.4 Å². The fourth-order valence-corrected chi connectivity index (χ4v) is 4.52. The number of urea groups is 1. The van der Waals surface area contributed by atoms with Crippen LogP contribution in [0.3, 0.4) is 0 Å². The molecule has 0 aliphatic carbocycles. The van der Waals surface area contributed by atoms with E-state index >= 15 is 0 Å². The zero-order chi connectivity index (χ0) is 23.2. The summed E-state index contributed by atoms with van der Waals surface area (Å²) in [5.74, 6) is 0.507. The molecule has 1 atom stereocenters. The topological polar surface area (TPSA) is 97.6 Å². The Labute approximate surface area is 196 Å². The fourth-order valence-electron chi connectivity index (χ4n) is 3.64. The number of ether oxygens (including phenoxy) is 1. The van der Waals surface area contributed by atoms with Gasteiger partial charge in [-0.05, 0) is 37.6 Å². The molecular formula is C24H24N4O4S. The number of nitrogens with zero attached hydrogens (tertiary/aromatic N) is 3. The van der Waals surface area contributed by atoms with Crippen LogP contribution >= 0.6 is 11.8 Å². The smallest absolute Gasteiger partial charge is 0.338 e. The van der Waals surface area contributed by atoms with Gasteiger partial charge in [0.25, 0.3) is 0 Å². The van der Waals surface area contributed by atoms with E-state index in [2.05, 4.69) is 15.3 Å². The number of hydrogen-bond acceptors (Lipinski definition) is 7. The first kappa shape index (κ1) is 22.6. The highest BCUT2D eigenvalue weighted by molar-refractivity contribution is 7.99. The van der Waals surface area contributed by atoms with Crippen LogP contribution in [0.25, 0.3) is 11.5 Å². The zero-order valence-electron chi connectivity index (χ0n) is 18.4. The van der Waals surface area contributed by atoms with Crippen molar-refractivity contribution in [2.45, 2.75) is 25.0 Å². The molecule has 0 spiro atoms. The fraction of sp³-hybridized carbons (Fsp3) is 0.250. The van der Waals surface area contributed by atoms with Crippen molar-refractivity contribution in [3.63, 3.8) is 0 Å². The molecule has 1 N–H and O–H groups in total. The molecule has 8 nitrogen and oxygen atoms in total. The van der Waals surface area contributed by atoms with E-state index in [9.17, 15) is 9.59 Å². The Kier molecular flexibility index (Phi) is 7.09. The molecular weight excluding hydrogens is 440 g/mol. The molecule has 0 saturated heterocycles. The van der Waals surface area contributed by atoms with Crippen molar-refractivity contribution < 1.29 is 18.7 Å². The van der Waals surface area contributed by atoms with E-state index in [1.807, 2.05) is 43.3 Å². The summed E-state index contributed by atoms with van der Waals surface area (Å²) in [5, 5.41) is 3.47. The molecule has 33 heavy (non-hydrogen) atoms. The lowest BCUT2D eigenvalue weighted by Crippen LogP contribution is -2.49. The minimum Gasteiger partial charge on any atom is -0.463 e. The summed E-state index contributed by atoms with van der Waals surface area (Å²) in [5.41, 5.74) is 2.47. The summed E-state index contributed by atoms with van der Waals surface area (Å²) in [6.45, 7) is 4.26. The van der Waals surface area contributed by atoms with Crippen molar-refractivity contribution in [1.29, 1.82) is 0 Å². The van der Waals surface area contributed by atoms with E-state index in [0.29, 0.717) is 40.2 Å². The highest BCUT2D eigenvalue weighted by Crippen LogP contribution is 2.34. The van der Waals surface area contributed by atoms with E-state index in [1.165, 1.54) is 11.8 Å². The number of carbonyl (C=O) groups is 2. The van der Waals surface area contributed by atoms with Gasteiger partial charge >= 0.3 is 12.0 Å². The van der Waals surface area contributed by atoms with Crippen LogP contribution in [0.2, 0.25) is 0 Å². The van der Waals surface area contributed by atoms with E-state index in [-0.39, 0.29) is 12.6 Å². The molecule has 1 aliphatic heterocycles. The highest BCUT2D eigenvalue weighted by Gasteiger charge is 2.37. The molecule has 1 aliphatic rings. The van der Waals surface area contributed by atoms with Gasteiger partial charge in [0.05, 0.1) is 24.5 Å². The molecule has 0 fully saturated rings. The number of furan rings is 1. The molecule has 1 unspecified atom stereocenters. The maximum absolute atomic E-state index is 13.1. The lowest BCUT2D eigenvalue weighted by molar-refractivity contribution is -0.139. The Bertz CT molecular complexity index is 1150. The quantitative estimate of drug-likeness (QED) is 0.299. The average Bonchev–Trinajstić information content (AvgIpc) is 3.38. The average molecular weight is 465 g/mol. The normalized spacial score (nSPS) is 16.0. The molecule has 1 aromatic carbocycles. The van der Waals surface area contributed by atoms with Gasteiger partial charge in [-0.25, -0.2) is 19.6 Å². The summed E-state index contributed by atoms with van der Waals surface area (Å²) in [6.07, 6.45) is 3.25. The summed E-state index contributed by atoms with van der Waals surface area (Å²) in [6, 6.07) is 13.9. The van der Waals surface area contributed by atoms with Gasteiger partial charge in [-0.1, -0.05) is 42.1 Å². The minimum absolute atomic E-state index is 0.235. The second kappa shape index (κ2) is 10.4. The molecule has 0 bridgehead atoms. The monoisotopic (exact) mass is 464 g/mol. The largest absolute Gasteiger partial charge is 0.463 e. The highest BCUT2D eigenvalue weighted by atomic mass is 32.2. The number of amides is 2. The second-order valence-electron chi connectivity index (χ2n) is 7.11. The second-order valence-corrected chi connectivity index (χ2v) is 8.05. The number of aromatic nitrogens is 2. The van der Waals surface area contributed by atoms with E-state index in [0.717, 1.165) is 5.56 Å². The van der Waals surface area contributed by atoms with Crippen LogP contribution in [0, 0.1) is 0 Å². The molecule has 4 rings (SSSR count). The number of carbonyl (C=O) groups excluding carboxylic acids is 2. The first-order valence-corrected chi connectivity index (χ1v) is 11.6. The number of hydrogen-bond donors (Lipinski definition) is 1. The van der Waals surface area contributed by atoms with Crippen LogP contribution in [0.1, 0.15) is 25.5 Å². The third-order valence-corrected chi connectivity index (χ3v) is 6.00. The lowest BCUT2D eigenvalue weighted by atomic mass is 9.95. The predicted molar refractivity (Wildman–Crippen MR) is 124 cm³/mol. The van der Waals surface area contributed by atoms with Gasteiger partial charge in [-0.2, -0.15) is 0 Å². The molecule has 0 saturated carbocycles. The number of benzene rings is 1. The summed E-state index contributed by atoms with van der Waals surface area (Å²) >= 11 is 1.34. The van der Waals surface area contributed by atoms with Gasteiger partial charge in [-0.3, -0.25) is 4.90 Å². The Morgan fingerprint density at radius 2 is 2.00 bits per heavy atom. The standard InChI is InChI=1S/C24H24N4O4S/c1-3-28-18(15-33-23-25-13-12-17(26-23)19-11-8-14-32-19)20(22(29)31-4-2)21(27-24(28)30)16-9-6-5-7-10-16/h5-14,21H,3-4,15H2,1-2H3,(H,27,30). The van der Waals surface area contributed by atoms with E-state index in [4.69, 9.17) is 9.15 Å². The Balaban J connectivity index is 1.71. The molecule has 9 heteroatoms. The van der Waals surface area contributed by atoms with Crippen molar-refractivity contribution in [2.24, 2.45) is 0 Å². The first-order valence-electron chi connectivity index (χ1n) is 10.6. The van der Waals surface area contributed by atoms with Crippen molar-refractivity contribution in [3.8, 4) is 11.5 Å². The third-order valence-electron chi connectivity index (χ3n) is 5.13. The first-order chi connectivity index (χ1) is 16.1.